The number of thiophene rings is 1. The van der Waals surface area contributed by atoms with Crippen molar-refractivity contribution in [3.63, 3.8) is 0 Å². The van der Waals surface area contributed by atoms with Gasteiger partial charge in [0, 0.05) is 18.2 Å². The molecular formula is C20H22N2O2S. The molecule has 1 aromatic carbocycles. The van der Waals surface area contributed by atoms with Crippen LogP contribution in [0, 0.1) is 19.8 Å². The zero-order valence-electron chi connectivity index (χ0n) is 14.5. The Hall–Kier alpha value is -2.14. The summed E-state index contributed by atoms with van der Waals surface area (Å²) in [5, 5.41) is 5.06. The Morgan fingerprint density at radius 3 is 2.56 bits per heavy atom. The lowest BCUT2D eigenvalue weighted by molar-refractivity contribution is 0.0649. The Labute approximate surface area is 151 Å². The summed E-state index contributed by atoms with van der Waals surface area (Å²) in [6, 6.07) is 9.89. The number of amides is 2. The number of hydrogen-bond donors (Lipinski definition) is 1. The molecule has 2 bridgehead atoms. The van der Waals surface area contributed by atoms with Crippen LogP contribution in [-0.2, 0) is 0 Å². The number of nitrogens with one attached hydrogen (secondary N) is 1. The van der Waals surface area contributed by atoms with E-state index >= 15 is 0 Å². The van der Waals surface area contributed by atoms with Crippen LogP contribution in [0.25, 0.3) is 0 Å². The van der Waals surface area contributed by atoms with Crippen LogP contribution < -0.4 is 5.32 Å². The molecule has 4 nitrogen and oxygen atoms in total. The molecule has 1 N–H and O–H groups in total. The number of fused-ring (bicyclic) bond motifs is 2. The second kappa shape index (κ2) is 6.30. The van der Waals surface area contributed by atoms with Crippen molar-refractivity contribution >= 4 is 23.2 Å². The Bertz CT molecular complexity index is 795. The summed E-state index contributed by atoms with van der Waals surface area (Å²) in [5.41, 5.74) is 2.97. The van der Waals surface area contributed by atoms with Crippen molar-refractivity contribution in [2.75, 3.05) is 6.54 Å². The smallest absolute Gasteiger partial charge is 0.261 e. The lowest BCUT2D eigenvalue weighted by Gasteiger charge is -2.33. The topological polar surface area (TPSA) is 49.4 Å². The summed E-state index contributed by atoms with van der Waals surface area (Å²) in [7, 11) is 0. The number of hydrogen-bond acceptors (Lipinski definition) is 3. The number of rotatable bonds is 3. The molecule has 2 fully saturated rings. The predicted octanol–water partition coefficient (Wildman–Crippen LogP) is 3.40. The van der Waals surface area contributed by atoms with Crippen molar-refractivity contribution in [2.45, 2.75) is 38.8 Å². The lowest BCUT2D eigenvalue weighted by atomic mass is 10.0. The molecule has 3 unspecified atom stereocenters. The summed E-state index contributed by atoms with van der Waals surface area (Å²) >= 11 is 1.45. The van der Waals surface area contributed by atoms with Crippen molar-refractivity contribution in [2.24, 2.45) is 5.92 Å². The molecule has 2 aliphatic rings. The highest BCUT2D eigenvalue weighted by molar-refractivity contribution is 7.12. The van der Waals surface area contributed by atoms with E-state index < -0.39 is 0 Å². The Kier molecular flexibility index (Phi) is 4.12. The summed E-state index contributed by atoms with van der Waals surface area (Å²) in [6.45, 7) is 4.84. The first-order valence-electron chi connectivity index (χ1n) is 8.75. The third kappa shape index (κ3) is 3.09. The van der Waals surface area contributed by atoms with Crippen molar-refractivity contribution in [1.82, 2.24) is 10.2 Å². The minimum Gasteiger partial charge on any atom is -0.347 e. The van der Waals surface area contributed by atoms with Crippen LogP contribution in [-0.4, -0.2) is 35.3 Å². The Balaban J connectivity index is 1.50. The molecule has 0 spiro atoms. The summed E-state index contributed by atoms with van der Waals surface area (Å²) in [4.78, 5) is 28.1. The van der Waals surface area contributed by atoms with Crippen LogP contribution in [0.1, 0.15) is 44.0 Å². The van der Waals surface area contributed by atoms with E-state index in [1.54, 1.807) is 0 Å². The van der Waals surface area contributed by atoms with E-state index in [9.17, 15) is 9.59 Å². The van der Waals surface area contributed by atoms with Gasteiger partial charge < -0.3 is 10.2 Å². The van der Waals surface area contributed by atoms with Gasteiger partial charge in [0.25, 0.3) is 11.8 Å². The lowest BCUT2D eigenvalue weighted by Crippen LogP contribution is -2.51. The third-order valence-electron chi connectivity index (χ3n) is 5.27. The van der Waals surface area contributed by atoms with Crippen LogP contribution in [0.4, 0.5) is 0 Å². The van der Waals surface area contributed by atoms with E-state index in [0.717, 1.165) is 41.0 Å². The molecule has 2 aromatic rings. The molecule has 2 heterocycles. The van der Waals surface area contributed by atoms with Crippen LogP contribution in [0.2, 0.25) is 0 Å². The van der Waals surface area contributed by atoms with Gasteiger partial charge in [-0.05, 0) is 56.2 Å². The van der Waals surface area contributed by atoms with Gasteiger partial charge in [-0.1, -0.05) is 23.3 Å². The average molecular weight is 354 g/mol. The molecule has 1 saturated heterocycles. The molecule has 1 aliphatic heterocycles. The van der Waals surface area contributed by atoms with Crippen molar-refractivity contribution < 1.29 is 9.59 Å². The molecule has 4 rings (SSSR count). The summed E-state index contributed by atoms with van der Waals surface area (Å²) in [6.07, 6.45) is 1.96. The second-order valence-corrected chi connectivity index (χ2v) is 8.24. The van der Waals surface area contributed by atoms with Crippen molar-refractivity contribution in [3.05, 3.63) is 57.3 Å². The molecule has 0 radical (unpaired) electrons. The number of benzene rings is 1. The second-order valence-electron chi connectivity index (χ2n) is 7.30. The fourth-order valence-corrected chi connectivity index (χ4v) is 4.95. The van der Waals surface area contributed by atoms with Gasteiger partial charge in [-0.3, -0.25) is 9.59 Å². The number of piperidine rings is 1. The van der Waals surface area contributed by atoms with E-state index in [1.165, 1.54) is 11.3 Å². The van der Waals surface area contributed by atoms with Gasteiger partial charge in [0.1, 0.15) is 0 Å². The van der Waals surface area contributed by atoms with E-state index in [4.69, 9.17) is 0 Å². The molecule has 1 aromatic heterocycles. The SMILES string of the molecule is Cc1cc(C)cc(C(=O)N2CC3CC(NC(=O)c4cccs4)C2C3)c1. The van der Waals surface area contributed by atoms with Gasteiger partial charge in [-0.25, -0.2) is 0 Å². The highest BCUT2D eigenvalue weighted by atomic mass is 32.1. The fraction of sp³-hybridized carbons (Fsp3) is 0.400. The monoisotopic (exact) mass is 354 g/mol. The maximum atomic E-state index is 13.0. The number of nitrogens with zero attached hydrogens (tertiary/aromatic N) is 1. The highest BCUT2D eigenvalue weighted by Crippen LogP contribution is 2.38. The molecule has 1 saturated carbocycles. The maximum Gasteiger partial charge on any atom is 0.261 e. The predicted molar refractivity (Wildman–Crippen MR) is 99.0 cm³/mol. The number of likely N-dealkylation sites (tertiary alicyclic amines) is 1. The zero-order chi connectivity index (χ0) is 17.6. The minimum atomic E-state index is -0.0219. The van der Waals surface area contributed by atoms with Crippen LogP contribution in [0.3, 0.4) is 0 Å². The Morgan fingerprint density at radius 1 is 1.16 bits per heavy atom. The van der Waals surface area contributed by atoms with Gasteiger partial charge in [0.05, 0.1) is 10.9 Å². The third-order valence-corrected chi connectivity index (χ3v) is 6.14. The van der Waals surface area contributed by atoms with E-state index in [-0.39, 0.29) is 23.9 Å². The molecular weight excluding hydrogens is 332 g/mol. The van der Waals surface area contributed by atoms with E-state index in [0.29, 0.717) is 5.92 Å². The molecule has 130 valence electrons. The number of carbonyl (C=O) groups excluding carboxylic acids is 2. The van der Waals surface area contributed by atoms with Gasteiger partial charge in [-0.15, -0.1) is 11.3 Å². The number of carbonyl (C=O) groups is 2. The molecule has 25 heavy (non-hydrogen) atoms. The van der Waals surface area contributed by atoms with Gasteiger partial charge in [0.2, 0.25) is 0 Å². The van der Waals surface area contributed by atoms with Gasteiger partial charge >= 0.3 is 0 Å². The van der Waals surface area contributed by atoms with E-state index in [2.05, 4.69) is 11.4 Å². The molecule has 5 heteroatoms. The van der Waals surface area contributed by atoms with Gasteiger partial charge in [-0.2, -0.15) is 0 Å². The summed E-state index contributed by atoms with van der Waals surface area (Å²) in [5.74, 6) is 0.564. The van der Waals surface area contributed by atoms with E-state index in [1.807, 2.05) is 48.4 Å². The summed E-state index contributed by atoms with van der Waals surface area (Å²) < 4.78 is 0. The van der Waals surface area contributed by atoms with Crippen LogP contribution in [0.15, 0.2) is 35.7 Å². The first-order chi connectivity index (χ1) is 12.0. The molecule has 3 atom stereocenters. The minimum absolute atomic E-state index is 0.0219. The quantitative estimate of drug-likeness (QED) is 0.918. The number of aryl methyl sites for hydroxylation is 2. The standard InChI is InChI=1S/C20H22N2O2S/c1-12-6-13(2)8-15(7-12)20(24)22-11-14-9-16(17(22)10-14)21-19(23)18-4-3-5-25-18/h3-8,14,16-17H,9-11H2,1-2H3,(H,21,23). The molecule has 1 aliphatic carbocycles. The largest absolute Gasteiger partial charge is 0.347 e. The van der Waals surface area contributed by atoms with Crippen LogP contribution in [0.5, 0.6) is 0 Å². The first-order valence-corrected chi connectivity index (χ1v) is 9.63. The van der Waals surface area contributed by atoms with Crippen LogP contribution >= 0.6 is 11.3 Å². The normalized spacial score (nSPS) is 24.6. The van der Waals surface area contributed by atoms with Gasteiger partial charge in [0.15, 0.2) is 0 Å². The highest BCUT2D eigenvalue weighted by Gasteiger charge is 2.47. The zero-order valence-corrected chi connectivity index (χ0v) is 15.3. The average Bonchev–Trinajstić information content (AvgIpc) is 3.29. The van der Waals surface area contributed by atoms with Crippen molar-refractivity contribution in [3.8, 4) is 0 Å². The maximum absolute atomic E-state index is 13.0. The Morgan fingerprint density at radius 2 is 1.92 bits per heavy atom. The molecule has 2 amide bonds. The fourth-order valence-electron chi connectivity index (χ4n) is 4.33. The first kappa shape index (κ1) is 16.3. The van der Waals surface area contributed by atoms with Crippen molar-refractivity contribution in [1.29, 1.82) is 0 Å².